The van der Waals surface area contributed by atoms with Crippen molar-refractivity contribution >= 4 is 17.2 Å². The van der Waals surface area contributed by atoms with Gasteiger partial charge in [0.05, 0.1) is 11.8 Å². The number of hydrogen-bond acceptors (Lipinski definition) is 6. The van der Waals surface area contributed by atoms with Gasteiger partial charge in [0, 0.05) is 50.2 Å². The Morgan fingerprint density at radius 1 is 1.19 bits per heavy atom. The van der Waals surface area contributed by atoms with Crippen LogP contribution in [0.1, 0.15) is 18.5 Å². The van der Waals surface area contributed by atoms with Gasteiger partial charge >= 0.3 is 0 Å². The molecular formula is C20H26N4O2S. The van der Waals surface area contributed by atoms with Gasteiger partial charge in [-0.1, -0.05) is 30.3 Å². The lowest BCUT2D eigenvalue weighted by molar-refractivity contribution is -0.144. The van der Waals surface area contributed by atoms with Crippen LogP contribution in [0.4, 0.5) is 0 Å². The van der Waals surface area contributed by atoms with Crippen molar-refractivity contribution in [3.05, 3.63) is 41.4 Å². The number of ether oxygens (including phenoxy) is 1. The van der Waals surface area contributed by atoms with E-state index in [9.17, 15) is 4.79 Å². The molecule has 0 unspecified atom stereocenters. The third-order valence-corrected chi connectivity index (χ3v) is 6.23. The second-order valence-corrected chi connectivity index (χ2v) is 8.03. The minimum absolute atomic E-state index is 0.0451. The molecule has 2 N–H and O–H groups in total. The summed E-state index contributed by atoms with van der Waals surface area (Å²) in [7, 11) is 0. The normalized spacial score (nSPS) is 23.7. The maximum absolute atomic E-state index is 12.6. The predicted octanol–water partition coefficient (Wildman–Crippen LogP) is 1.96. The molecule has 0 aliphatic carbocycles. The van der Waals surface area contributed by atoms with Crippen LogP contribution in [0, 0.1) is 0 Å². The van der Waals surface area contributed by atoms with Gasteiger partial charge in [0.1, 0.15) is 11.1 Å². The topological polar surface area (TPSA) is 71.7 Å². The van der Waals surface area contributed by atoms with E-state index in [4.69, 9.17) is 15.5 Å². The Morgan fingerprint density at radius 2 is 1.96 bits per heavy atom. The lowest BCUT2D eigenvalue weighted by Crippen LogP contribution is -2.51. The quantitative estimate of drug-likeness (QED) is 0.851. The highest BCUT2D eigenvalue weighted by Crippen LogP contribution is 2.25. The van der Waals surface area contributed by atoms with E-state index in [0.29, 0.717) is 6.54 Å². The maximum atomic E-state index is 12.6. The zero-order chi connectivity index (χ0) is 18.6. The van der Waals surface area contributed by atoms with Gasteiger partial charge in [0.15, 0.2) is 0 Å². The first-order valence-corrected chi connectivity index (χ1v) is 10.5. The van der Waals surface area contributed by atoms with E-state index in [1.54, 1.807) is 11.3 Å². The summed E-state index contributed by atoms with van der Waals surface area (Å²) >= 11 is 1.69. The smallest absolute Gasteiger partial charge is 0.251 e. The summed E-state index contributed by atoms with van der Waals surface area (Å²) in [5.74, 6) is 0.130. The molecule has 2 saturated heterocycles. The van der Waals surface area contributed by atoms with Crippen LogP contribution in [0.5, 0.6) is 0 Å². The molecule has 27 heavy (non-hydrogen) atoms. The molecule has 4 rings (SSSR count). The number of amides is 1. The molecule has 0 saturated carbocycles. The zero-order valence-corrected chi connectivity index (χ0v) is 16.2. The van der Waals surface area contributed by atoms with Crippen molar-refractivity contribution in [2.75, 3.05) is 32.7 Å². The molecular weight excluding hydrogens is 360 g/mol. The third kappa shape index (κ3) is 4.38. The molecule has 7 heteroatoms. The first kappa shape index (κ1) is 18.6. The fourth-order valence-corrected chi connectivity index (χ4v) is 4.53. The van der Waals surface area contributed by atoms with E-state index >= 15 is 0 Å². The zero-order valence-electron chi connectivity index (χ0n) is 15.4. The van der Waals surface area contributed by atoms with Gasteiger partial charge < -0.3 is 15.4 Å². The number of piperazine rings is 1. The summed E-state index contributed by atoms with van der Waals surface area (Å²) in [6.07, 6.45) is 1.43. The minimum Gasteiger partial charge on any atom is -0.364 e. The number of aromatic nitrogens is 1. The Hall–Kier alpha value is -1.80. The van der Waals surface area contributed by atoms with Crippen LogP contribution in [0.15, 0.2) is 35.7 Å². The minimum atomic E-state index is -0.294. The molecule has 144 valence electrons. The molecule has 2 aromatic rings. The lowest BCUT2D eigenvalue weighted by atomic mass is 10.1. The first-order valence-electron chi connectivity index (χ1n) is 9.59. The van der Waals surface area contributed by atoms with Gasteiger partial charge in [-0.25, -0.2) is 4.98 Å². The van der Waals surface area contributed by atoms with E-state index in [-0.39, 0.29) is 18.1 Å². The SMILES string of the molecule is NC[C@H]1CC[C@@H](C(=O)N2CCN(Cc3csc(-c4ccccc4)n3)CC2)O1. The average molecular weight is 387 g/mol. The van der Waals surface area contributed by atoms with Crippen molar-refractivity contribution in [3.8, 4) is 10.6 Å². The second-order valence-electron chi connectivity index (χ2n) is 7.17. The van der Waals surface area contributed by atoms with Crippen molar-refractivity contribution < 1.29 is 9.53 Å². The largest absolute Gasteiger partial charge is 0.364 e. The Kier molecular flexibility index (Phi) is 5.83. The number of nitrogens with zero attached hydrogens (tertiary/aromatic N) is 3. The molecule has 0 radical (unpaired) electrons. The van der Waals surface area contributed by atoms with Gasteiger partial charge in [-0.2, -0.15) is 0 Å². The summed E-state index contributed by atoms with van der Waals surface area (Å²) in [4.78, 5) is 21.7. The number of benzene rings is 1. The molecule has 1 aromatic heterocycles. The summed E-state index contributed by atoms with van der Waals surface area (Å²) < 4.78 is 5.75. The summed E-state index contributed by atoms with van der Waals surface area (Å²) in [6.45, 7) is 4.58. The maximum Gasteiger partial charge on any atom is 0.251 e. The highest BCUT2D eigenvalue weighted by molar-refractivity contribution is 7.13. The number of rotatable bonds is 5. The lowest BCUT2D eigenvalue weighted by Gasteiger charge is -2.35. The van der Waals surface area contributed by atoms with Crippen LogP contribution >= 0.6 is 11.3 Å². The van der Waals surface area contributed by atoms with Gasteiger partial charge in [-0.15, -0.1) is 11.3 Å². The number of carbonyl (C=O) groups is 1. The summed E-state index contributed by atoms with van der Waals surface area (Å²) in [6, 6.07) is 10.3. The highest BCUT2D eigenvalue weighted by atomic mass is 32.1. The van der Waals surface area contributed by atoms with Gasteiger partial charge in [-0.3, -0.25) is 9.69 Å². The van der Waals surface area contributed by atoms with Crippen molar-refractivity contribution in [1.29, 1.82) is 0 Å². The highest BCUT2D eigenvalue weighted by Gasteiger charge is 2.34. The van der Waals surface area contributed by atoms with Crippen molar-refractivity contribution in [1.82, 2.24) is 14.8 Å². The first-order chi connectivity index (χ1) is 13.2. The van der Waals surface area contributed by atoms with Gasteiger partial charge in [-0.05, 0) is 12.8 Å². The van der Waals surface area contributed by atoms with Gasteiger partial charge in [0.25, 0.3) is 5.91 Å². The molecule has 0 spiro atoms. The summed E-state index contributed by atoms with van der Waals surface area (Å²) in [5.41, 5.74) is 7.91. The van der Waals surface area contributed by atoms with E-state index in [1.807, 2.05) is 23.1 Å². The van der Waals surface area contributed by atoms with E-state index < -0.39 is 0 Å². The third-order valence-electron chi connectivity index (χ3n) is 5.29. The molecule has 2 fully saturated rings. The van der Waals surface area contributed by atoms with Crippen LogP contribution in [-0.2, 0) is 16.1 Å². The van der Waals surface area contributed by atoms with E-state index in [1.165, 1.54) is 0 Å². The monoisotopic (exact) mass is 386 g/mol. The number of nitrogens with two attached hydrogens (primary N) is 1. The Balaban J connectivity index is 1.27. The van der Waals surface area contributed by atoms with E-state index in [0.717, 1.165) is 61.8 Å². The fraction of sp³-hybridized carbons (Fsp3) is 0.500. The molecule has 0 bridgehead atoms. The van der Waals surface area contributed by atoms with Crippen LogP contribution in [0.2, 0.25) is 0 Å². The number of thiazole rings is 1. The Morgan fingerprint density at radius 3 is 2.67 bits per heavy atom. The van der Waals surface area contributed by atoms with Crippen LogP contribution in [0.3, 0.4) is 0 Å². The van der Waals surface area contributed by atoms with Crippen LogP contribution < -0.4 is 5.73 Å². The molecule has 3 heterocycles. The van der Waals surface area contributed by atoms with Crippen LogP contribution in [0.25, 0.3) is 10.6 Å². The predicted molar refractivity (Wildman–Crippen MR) is 106 cm³/mol. The molecule has 1 amide bonds. The number of carbonyl (C=O) groups excluding carboxylic acids is 1. The molecule has 2 aliphatic rings. The molecule has 6 nitrogen and oxygen atoms in total. The Bertz CT molecular complexity index is 758. The van der Waals surface area contributed by atoms with Crippen LogP contribution in [-0.4, -0.2) is 65.6 Å². The molecule has 2 atom stereocenters. The van der Waals surface area contributed by atoms with E-state index in [2.05, 4.69) is 22.4 Å². The van der Waals surface area contributed by atoms with Crippen molar-refractivity contribution in [2.45, 2.75) is 31.6 Å². The second kappa shape index (κ2) is 8.48. The van der Waals surface area contributed by atoms with Gasteiger partial charge in [0.2, 0.25) is 0 Å². The average Bonchev–Trinajstić information content (AvgIpc) is 3.38. The fourth-order valence-electron chi connectivity index (χ4n) is 3.71. The van der Waals surface area contributed by atoms with Crippen molar-refractivity contribution in [3.63, 3.8) is 0 Å². The van der Waals surface area contributed by atoms with Crippen molar-refractivity contribution in [2.24, 2.45) is 5.73 Å². The summed E-state index contributed by atoms with van der Waals surface area (Å²) in [5, 5.41) is 3.20. The standard InChI is InChI=1S/C20H26N4O2S/c21-12-17-6-7-18(26-17)20(25)24-10-8-23(9-11-24)13-16-14-27-19(22-16)15-4-2-1-3-5-15/h1-5,14,17-18H,6-13,21H2/t17-,18+/m1/s1. The number of hydrogen-bond donors (Lipinski definition) is 1. The Labute approximate surface area is 163 Å². The molecule has 2 aliphatic heterocycles. The molecule has 1 aromatic carbocycles.